The van der Waals surface area contributed by atoms with Crippen LogP contribution in [0.5, 0.6) is 0 Å². The fourth-order valence-electron chi connectivity index (χ4n) is 4.34. The number of nitrogens with one attached hydrogen (secondary N) is 2. The van der Waals surface area contributed by atoms with Gasteiger partial charge in [-0.15, -0.1) is 0 Å². The highest BCUT2D eigenvalue weighted by atomic mass is 16.6. The first-order chi connectivity index (χ1) is 18.0. The van der Waals surface area contributed by atoms with E-state index in [-0.39, 0.29) is 29.4 Å². The number of hydrogen-bond acceptors (Lipinski definition) is 9. The molecule has 0 bridgehead atoms. The molecule has 3 aromatic rings. The van der Waals surface area contributed by atoms with Crippen LogP contribution in [-0.4, -0.2) is 59.3 Å². The third-order valence-corrected chi connectivity index (χ3v) is 6.45. The van der Waals surface area contributed by atoms with E-state index in [2.05, 4.69) is 26.3 Å². The second-order valence-corrected chi connectivity index (χ2v) is 8.98. The minimum atomic E-state index is -1.19. The fraction of sp³-hybridized carbons (Fsp3) is 0.296. The molecule has 1 aromatic carbocycles. The van der Waals surface area contributed by atoms with Gasteiger partial charge in [0.05, 0.1) is 24.8 Å². The molecule has 10 nitrogen and oxygen atoms in total. The van der Waals surface area contributed by atoms with E-state index in [0.717, 1.165) is 31.7 Å². The highest BCUT2D eigenvalue weighted by Crippen LogP contribution is 2.33. The molecule has 0 saturated carbocycles. The van der Waals surface area contributed by atoms with E-state index in [1.165, 1.54) is 6.07 Å². The monoisotopic (exact) mass is 498 g/mol. The van der Waals surface area contributed by atoms with E-state index in [0.29, 0.717) is 35.6 Å². The summed E-state index contributed by atoms with van der Waals surface area (Å²) >= 11 is 0. The van der Waals surface area contributed by atoms with Gasteiger partial charge < -0.3 is 24.8 Å². The third-order valence-electron chi connectivity index (χ3n) is 6.45. The summed E-state index contributed by atoms with van der Waals surface area (Å²) in [6.07, 6.45) is 3.01. The first-order valence-corrected chi connectivity index (χ1v) is 12.1. The van der Waals surface area contributed by atoms with Gasteiger partial charge in [-0.05, 0) is 43.2 Å². The van der Waals surface area contributed by atoms with Crippen molar-refractivity contribution in [1.82, 2.24) is 9.97 Å². The molecular weight excluding hydrogens is 472 g/mol. The maximum atomic E-state index is 12.0. The average Bonchev–Trinajstić information content (AvgIpc) is 2.91. The van der Waals surface area contributed by atoms with Crippen LogP contribution in [0.3, 0.4) is 0 Å². The minimum Gasteiger partial charge on any atom is -0.477 e. The molecule has 3 N–H and O–H groups in total. The summed E-state index contributed by atoms with van der Waals surface area (Å²) in [5, 5.41) is 30.9. The maximum absolute atomic E-state index is 12.0. The second-order valence-electron chi connectivity index (χ2n) is 8.98. The largest absolute Gasteiger partial charge is 0.477 e. The summed E-state index contributed by atoms with van der Waals surface area (Å²) < 4.78 is 11.0. The molecule has 0 amide bonds. The second kappa shape index (κ2) is 10.6. The van der Waals surface area contributed by atoms with Crippen molar-refractivity contribution in [3.8, 4) is 17.2 Å². The molecule has 37 heavy (non-hydrogen) atoms. The average molecular weight is 499 g/mol. The topological polar surface area (TPSA) is 144 Å². The van der Waals surface area contributed by atoms with Gasteiger partial charge in [-0.1, -0.05) is 18.2 Å². The number of nitriles is 1. The van der Waals surface area contributed by atoms with Crippen LogP contribution in [0.15, 0.2) is 54.7 Å². The summed E-state index contributed by atoms with van der Waals surface area (Å²) in [6.45, 7) is 2.28. The first-order valence-electron chi connectivity index (χ1n) is 12.1. The van der Waals surface area contributed by atoms with E-state index in [4.69, 9.17) is 20.1 Å². The fourth-order valence-corrected chi connectivity index (χ4v) is 4.34. The van der Waals surface area contributed by atoms with Crippen LogP contribution < -0.4 is 10.2 Å². The van der Waals surface area contributed by atoms with Crippen molar-refractivity contribution in [2.75, 3.05) is 36.5 Å². The number of anilines is 3. The Morgan fingerprint density at radius 2 is 1.95 bits per heavy atom. The highest BCUT2D eigenvalue weighted by Gasteiger charge is 2.27. The molecule has 2 aromatic heterocycles. The number of para-hydroxylation sites is 1. The number of pyridine rings is 2. The number of aromatic carboxylic acids is 1. The summed E-state index contributed by atoms with van der Waals surface area (Å²) in [4.78, 5) is 23.1. The van der Waals surface area contributed by atoms with Crippen molar-refractivity contribution >= 4 is 29.2 Å². The van der Waals surface area contributed by atoms with Gasteiger partial charge in [0, 0.05) is 42.0 Å². The quantitative estimate of drug-likeness (QED) is 0.324. The lowest BCUT2D eigenvalue weighted by atomic mass is 9.98. The van der Waals surface area contributed by atoms with Gasteiger partial charge in [0.25, 0.3) is 0 Å². The number of rotatable bonds is 7. The predicted molar refractivity (Wildman–Crippen MR) is 137 cm³/mol. The standard InChI is InChI=1S/C27H26N6O4/c28-13-17-8-10-33(11-9-17)23-7-6-18(14-30-23)21-12-22(27(34)35)32-26(31-19-4-2-1-3-5-19)24(21)25(29)37-20-15-36-16-20/h1-7,12,14,17,20,29H,8-11,15-16H2,(H,31,32)(H,34,35). The molecule has 2 saturated heterocycles. The van der Waals surface area contributed by atoms with E-state index in [1.54, 1.807) is 6.20 Å². The Hall–Kier alpha value is -4.49. The zero-order valence-corrected chi connectivity index (χ0v) is 20.1. The van der Waals surface area contributed by atoms with Crippen molar-refractivity contribution in [2.24, 2.45) is 5.92 Å². The number of nitrogens with zero attached hydrogens (tertiary/aromatic N) is 4. The van der Waals surface area contributed by atoms with Crippen molar-refractivity contribution in [3.63, 3.8) is 0 Å². The minimum absolute atomic E-state index is 0.0759. The molecule has 5 rings (SSSR count). The Kier molecular flexibility index (Phi) is 6.96. The molecule has 0 atom stereocenters. The van der Waals surface area contributed by atoms with Crippen LogP contribution in [0.2, 0.25) is 0 Å². The number of piperidine rings is 1. The summed E-state index contributed by atoms with van der Waals surface area (Å²) in [5.74, 6) is -0.252. The van der Waals surface area contributed by atoms with Gasteiger partial charge in [0.1, 0.15) is 17.7 Å². The molecule has 188 valence electrons. The zero-order chi connectivity index (χ0) is 25.8. The van der Waals surface area contributed by atoms with Crippen LogP contribution >= 0.6 is 0 Å². The molecule has 0 spiro atoms. The molecule has 0 unspecified atom stereocenters. The number of carbonyl (C=O) groups is 1. The number of benzene rings is 1. The summed E-state index contributed by atoms with van der Waals surface area (Å²) in [6, 6.07) is 16.7. The SMILES string of the molecule is N#CC1CCN(c2ccc(-c3cc(C(=O)O)nc(Nc4ccccc4)c3C(=N)OC3COC3)cn2)CC1. The summed E-state index contributed by atoms with van der Waals surface area (Å²) in [5.41, 5.74) is 1.96. The lowest BCUT2D eigenvalue weighted by molar-refractivity contribution is -0.0859. The molecule has 4 heterocycles. The maximum Gasteiger partial charge on any atom is 0.354 e. The van der Waals surface area contributed by atoms with Crippen molar-refractivity contribution in [2.45, 2.75) is 18.9 Å². The number of aromatic nitrogens is 2. The highest BCUT2D eigenvalue weighted by molar-refractivity contribution is 6.05. The van der Waals surface area contributed by atoms with E-state index >= 15 is 0 Å². The van der Waals surface area contributed by atoms with Crippen LogP contribution in [0, 0.1) is 22.7 Å². The van der Waals surface area contributed by atoms with Gasteiger partial charge in [-0.25, -0.2) is 14.8 Å². The molecule has 0 radical (unpaired) electrons. The van der Waals surface area contributed by atoms with Gasteiger partial charge >= 0.3 is 5.97 Å². The molecule has 2 fully saturated rings. The molecule has 0 aliphatic carbocycles. The van der Waals surface area contributed by atoms with Crippen LogP contribution in [-0.2, 0) is 9.47 Å². The van der Waals surface area contributed by atoms with Gasteiger partial charge in [-0.3, -0.25) is 5.41 Å². The first kappa shape index (κ1) is 24.2. The number of carboxylic acid groups (broad SMARTS) is 1. The van der Waals surface area contributed by atoms with Crippen molar-refractivity contribution < 1.29 is 19.4 Å². The van der Waals surface area contributed by atoms with Crippen LogP contribution in [0.1, 0.15) is 28.9 Å². The van der Waals surface area contributed by atoms with Gasteiger partial charge in [-0.2, -0.15) is 5.26 Å². The third kappa shape index (κ3) is 5.37. The number of ether oxygens (including phenoxy) is 2. The Morgan fingerprint density at radius 1 is 1.19 bits per heavy atom. The van der Waals surface area contributed by atoms with E-state index in [1.807, 2.05) is 42.5 Å². The van der Waals surface area contributed by atoms with Crippen molar-refractivity contribution in [3.05, 3.63) is 66.0 Å². The molecular formula is C27H26N6O4. The van der Waals surface area contributed by atoms with Gasteiger partial charge in [0.15, 0.2) is 5.69 Å². The predicted octanol–water partition coefficient (Wildman–Crippen LogP) is 4.07. The van der Waals surface area contributed by atoms with E-state index < -0.39 is 5.97 Å². The van der Waals surface area contributed by atoms with E-state index in [9.17, 15) is 9.90 Å². The normalized spacial score (nSPS) is 15.9. The van der Waals surface area contributed by atoms with Crippen LogP contribution in [0.4, 0.5) is 17.3 Å². The van der Waals surface area contributed by atoms with Crippen molar-refractivity contribution in [1.29, 1.82) is 10.7 Å². The Labute approximate surface area is 214 Å². The lowest BCUT2D eigenvalue weighted by Gasteiger charge is -2.30. The van der Waals surface area contributed by atoms with Gasteiger partial charge in [0.2, 0.25) is 5.90 Å². The lowest BCUT2D eigenvalue weighted by Crippen LogP contribution is -2.38. The Bertz CT molecular complexity index is 1330. The Morgan fingerprint density at radius 3 is 2.54 bits per heavy atom. The molecule has 2 aliphatic rings. The molecule has 2 aliphatic heterocycles. The molecule has 10 heteroatoms. The zero-order valence-electron chi connectivity index (χ0n) is 20.1. The number of carboxylic acids is 1. The smallest absolute Gasteiger partial charge is 0.354 e. The number of hydrogen-bond donors (Lipinski definition) is 3. The Balaban J connectivity index is 1.54. The van der Waals surface area contributed by atoms with Crippen LogP contribution in [0.25, 0.3) is 11.1 Å². The summed E-state index contributed by atoms with van der Waals surface area (Å²) in [7, 11) is 0.